The van der Waals surface area contributed by atoms with Crippen molar-refractivity contribution in [2.75, 3.05) is 4.72 Å². The molecule has 0 saturated carbocycles. The van der Waals surface area contributed by atoms with E-state index in [1.54, 1.807) is 24.3 Å². The second kappa shape index (κ2) is 8.55. The van der Waals surface area contributed by atoms with Gasteiger partial charge in [-0.3, -0.25) is 4.72 Å². The Labute approximate surface area is 176 Å². The Morgan fingerprint density at radius 2 is 1.71 bits per heavy atom. The number of aromatic nitrogens is 1. The lowest BCUT2D eigenvalue weighted by Gasteiger charge is -2.13. The summed E-state index contributed by atoms with van der Waals surface area (Å²) in [5.41, 5.74) is 0.752. The van der Waals surface area contributed by atoms with Gasteiger partial charge in [-0.1, -0.05) is 46.9 Å². The Kier molecular flexibility index (Phi) is 6.32. The van der Waals surface area contributed by atoms with E-state index in [1.165, 1.54) is 30.5 Å². The third kappa shape index (κ3) is 4.87. The zero-order valence-electron chi connectivity index (χ0n) is 14.1. The Bertz CT molecular complexity index is 1110. The van der Waals surface area contributed by atoms with Gasteiger partial charge in [-0.05, 0) is 42.0 Å². The quantitative estimate of drug-likeness (QED) is 0.533. The summed E-state index contributed by atoms with van der Waals surface area (Å²) in [7, 11) is -4.00. The minimum Gasteiger partial charge on any atom is -0.437 e. The van der Waals surface area contributed by atoms with E-state index in [0.717, 1.165) is 0 Å². The predicted octanol–water partition coefficient (Wildman–Crippen LogP) is 5.13. The van der Waals surface area contributed by atoms with Crippen molar-refractivity contribution in [1.29, 1.82) is 0 Å². The summed E-state index contributed by atoms with van der Waals surface area (Å²) in [5, 5.41) is 9.66. The highest BCUT2D eigenvalue weighted by molar-refractivity contribution is 7.92. The van der Waals surface area contributed by atoms with Crippen LogP contribution in [0.4, 0.5) is 5.69 Å². The SMILES string of the molecule is O=S(=O)(Nc1cc(Cl)cnc1Oc1ccc(CO)cc1)c1ccc(Cl)c(Cl)c1. The molecule has 0 atom stereocenters. The van der Waals surface area contributed by atoms with Crippen molar-refractivity contribution in [3.05, 3.63) is 75.4 Å². The van der Waals surface area contributed by atoms with Crippen LogP contribution >= 0.6 is 34.8 Å². The molecule has 0 spiro atoms. The van der Waals surface area contributed by atoms with E-state index in [1.807, 2.05) is 0 Å². The first kappa shape index (κ1) is 20.7. The highest BCUT2D eigenvalue weighted by atomic mass is 35.5. The number of hydrogen-bond acceptors (Lipinski definition) is 5. The zero-order valence-corrected chi connectivity index (χ0v) is 17.1. The van der Waals surface area contributed by atoms with E-state index in [-0.39, 0.29) is 38.1 Å². The Morgan fingerprint density at radius 1 is 1.00 bits per heavy atom. The normalized spacial score (nSPS) is 11.3. The fourth-order valence-electron chi connectivity index (χ4n) is 2.20. The molecule has 0 aliphatic heterocycles. The van der Waals surface area contributed by atoms with Gasteiger partial charge >= 0.3 is 0 Å². The molecule has 3 aromatic rings. The second-order valence-electron chi connectivity index (χ2n) is 5.59. The number of halogens is 3. The lowest BCUT2D eigenvalue weighted by atomic mass is 10.2. The van der Waals surface area contributed by atoms with Crippen LogP contribution in [0.3, 0.4) is 0 Å². The van der Waals surface area contributed by atoms with Gasteiger partial charge in [0.15, 0.2) is 0 Å². The summed E-state index contributed by atoms with van der Waals surface area (Å²) in [6.07, 6.45) is 1.33. The number of ether oxygens (including phenoxy) is 1. The minimum absolute atomic E-state index is 0.00443. The fraction of sp³-hybridized carbons (Fsp3) is 0.0556. The molecular formula is C18H13Cl3N2O4S. The van der Waals surface area contributed by atoms with Gasteiger partial charge in [0.2, 0.25) is 5.88 Å². The topological polar surface area (TPSA) is 88.5 Å². The van der Waals surface area contributed by atoms with Crippen LogP contribution in [0.5, 0.6) is 11.6 Å². The standard InChI is InChI=1S/C18H13Cl3N2O4S/c19-12-7-17(23-28(25,26)14-5-6-15(20)16(21)8-14)18(22-9-12)27-13-3-1-11(10-24)2-4-13/h1-9,23-24H,10H2. The number of sulfonamides is 1. The van der Waals surface area contributed by atoms with E-state index in [2.05, 4.69) is 9.71 Å². The average Bonchev–Trinajstić information content (AvgIpc) is 2.66. The molecule has 1 aromatic heterocycles. The van der Waals surface area contributed by atoms with Crippen LogP contribution in [0.2, 0.25) is 15.1 Å². The van der Waals surface area contributed by atoms with Crippen molar-refractivity contribution in [3.8, 4) is 11.6 Å². The van der Waals surface area contributed by atoms with Gasteiger partial charge in [-0.2, -0.15) is 0 Å². The number of pyridine rings is 1. The van der Waals surface area contributed by atoms with Crippen molar-refractivity contribution >= 4 is 50.5 Å². The highest BCUT2D eigenvalue weighted by Gasteiger charge is 2.19. The largest absolute Gasteiger partial charge is 0.437 e. The maximum Gasteiger partial charge on any atom is 0.262 e. The van der Waals surface area contributed by atoms with Crippen molar-refractivity contribution in [2.24, 2.45) is 0 Å². The number of hydrogen-bond donors (Lipinski definition) is 2. The molecule has 0 bridgehead atoms. The fourth-order valence-corrected chi connectivity index (χ4v) is 3.80. The van der Waals surface area contributed by atoms with Crippen LogP contribution < -0.4 is 9.46 Å². The van der Waals surface area contributed by atoms with Gasteiger partial charge < -0.3 is 9.84 Å². The van der Waals surface area contributed by atoms with E-state index in [0.29, 0.717) is 11.3 Å². The second-order valence-corrected chi connectivity index (χ2v) is 8.53. The summed E-state index contributed by atoms with van der Waals surface area (Å²) in [6.45, 7) is -0.103. The number of rotatable bonds is 6. The molecule has 6 nitrogen and oxygen atoms in total. The van der Waals surface area contributed by atoms with Gasteiger partial charge in [0, 0.05) is 6.20 Å². The van der Waals surface area contributed by atoms with E-state index in [4.69, 9.17) is 44.6 Å². The molecule has 2 aromatic carbocycles. The first-order chi connectivity index (χ1) is 13.3. The van der Waals surface area contributed by atoms with Crippen LogP contribution in [0.15, 0.2) is 59.6 Å². The molecule has 28 heavy (non-hydrogen) atoms. The summed E-state index contributed by atoms with van der Waals surface area (Å²) < 4.78 is 33.5. The monoisotopic (exact) mass is 458 g/mol. The maximum atomic E-state index is 12.7. The molecule has 146 valence electrons. The lowest BCUT2D eigenvalue weighted by molar-refractivity contribution is 0.281. The molecule has 2 N–H and O–H groups in total. The molecule has 0 unspecified atom stereocenters. The Balaban J connectivity index is 1.92. The lowest BCUT2D eigenvalue weighted by Crippen LogP contribution is -2.14. The van der Waals surface area contributed by atoms with E-state index < -0.39 is 10.0 Å². The van der Waals surface area contributed by atoms with Crippen molar-refractivity contribution in [3.63, 3.8) is 0 Å². The molecule has 0 radical (unpaired) electrons. The molecule has 10 heteroatoms. The number of aliphatic hydroxyl groups excluding tert-OH is 1. The van der Waals surface area contributed by atoms with Crippen LogP contribution in [-0.4, -0.2) is 18.5 Å². The Morgan fingerprint density at radius 3 is 2.36 bits per heavy atom. The third-order valence-corrected chi connectivity index (χ3v) is 5.89. The van der Waals surface area contributed by atoms with E-state index in [9.17, 15) is 8.42 Å². The van der Waals surface area contributed by atoms with Gasteiger partial charge in [0.25, 0.3) is 10.0 Å². The smallest absolute Gasteiger partial charge is 0.262 e. The van der Waals surface area contributed by atoms with Crippen LogP contribution in [0, 0.1) is 0 Å². The third-order valence-electron chi connectivity index (χ3n) is 3.58. The molecule has 0 saturated heterocycles. The van der Waals surface area contributed by atoms with Gasteiger partial charge in [0.05, 0.1) is 26.6 Å². The molecule has 0 amide bonds. The van der Waals surface area contributed by atoms with Gasteiger partial charge in [0.1, 0.15) is 11.4 Å². The van der Waals surface area contributed by atoms with Crippen LogP contribution in [0.1, 0.15) is 5.56 Å². The maximum absolute atomic E-state index is 12.7. The number of benzene rings is 2. The minimum atomic E-state index is -4.00. The molecule has 0 fully saturated rings. The van der Waals surface area contributed by atoms with Crippen LogP contribution in [0.25, 0.3) is 0 Å². The average molecular weight is 460 g/mol. The molecular weight excluding hydrogens is 447 g/mol. The number of anilines is 1. The summed E-state index contributed by atoms with van der Waals surface area (Å²) in [5.74, 6) is 0.409. The number of nitrogens with one attached hydrogen (secondary N) is 1. The molecule has 0 aliphatic carbocycles. The van der Waals surface area contributed by atoms with Crippen molar-refractivity contribution in [2.45, 2.75) is 11.5 Å². The zero-order chi connectivity index (χ0) is 20.3. The van der Waals surface area contributed by atoms with Crippen LogP contribution in [-0.2, 0) is 16.6 Å². The first-order valence-electron chi connectivity index (χ1n) is 7.79. The summed E-state index contributed by atoms with van der Waals surface area (Å²) >= 11 is 17.7. The van der Waals surface area contributed by atoms with Crippen molar-refractivity contribution in [1.82, 2.24) is 4.98 Å². The van der Waals surface area contributed by atoms with Gasteiger partial charge in [-0.15, -0.1) is 0 Å². The number of nitrogens with zero attached hydrogens (tertiary/aromatic N) is 1. The van der Waals surface area contributed by atoms with Crippen molar-refractivity contribution < 1.29 is 18.3 Å². The highest BCUT2D eigenvalue weighted by Crippen LogP contribution is 2.32. The Hall–Kier alpha value is -2.03. The number of aliphatic hydroxyl groups is 1. The summed E-state index contributed by atoms with van der Waals surface area (Å²) in [4.78, 5) is 3.96. The summed E-state index contributed by atoms with van der Waals surface area (Å²) in [6, 6.07) is 11.9. The first-order valence-corrected chi connectivity index (χ1v) is 10.4. The predicted molar refractivity (Wildman–Crippen MR) is 109 cm³/mol. The molecule has 3 rings (SSSR count). The van der Waals surface area contributed by atoms with Gasteiger partial charge in [-0.25, -0.2) is 13.4 Å². The molecule has 0 aliphatic rings. The van der Waals surface area contributed by atoms with E-state index >= 15 is 0 Å². The molecule has 1 heterocycles.